The average molecular weight is 363 g/mol. The van der Waals surface area contributed by atoms with Crippen molar-refractivity contribution in [3.63, 3.8) is 0 Å². The smallest absolute Gasteiger partial charge is 0.132 e. The van der Waals surface area contributed by atoms with Crippen molar-refractivity contribution >= 4 is 18.0 Å². The van der Waals surface area contributed by atoms with Gasteiger partial charge in [-0.2, -0.15) is 0 Å². The van der Waals surface area contributed by atoms with Crippen LogP contribution in [-0.2, 0) is 0 Å². The van der Waals surface area contributed by atoms with E-state index in [1.165, 1.54) is 38.5 Å². The number of likely N-dealkylation sites (tertiary alicyclic amines) is 1. The van der Waals surface area contributed by atoms with Gasteiger partial charge in [0.2, 0.25) is 0 Å². The normalized spacial score (nSPS) is 24.5. The zero-order chi connectivity index (χ0) is 17.7. The van der Waals surface area contributed by atoms with Crippen LogP contribution in [0.2, 0.25) is 0 Å². The van der Waals surface area contributed by atoms with Crippen molar-refractivity contribution in [2.75, 3.05) is 18.8 Å². The number of rotatable bonds is 5. The molecule has 1 spiro atoms. The van der Waals surface area contributed by atoms with E-state index in [0.29, 0.717) is 5.41 Å². The van der Waals surface area contributed by atoms with Crippen molar-refractivity contribution in [2.24, 2.45) is 10.4 Å². The second kappa shape index (κ2) is 8.57. The van der Waals surface area contributed by atoms with E-state index in [9.17, 15) is 4.39 Å². The molecular formula is C21H31FN2S. The average Bonchev–Trinajstić information content (AvgIpc) is 3.06. The first-order chi connectivity index (χ1) is 12.1. The summed E-state index contributed by atoms with van der Waals surface area (Å²) in [5.74, 6) is 1.78. The first kappa shape index (κ1) is 18.8. The number of hydrogen-bond acceptors (Lipinski definition) is 3. The van der Waals surface area contributed by atoms with Crippen molar-refractivity contribution in [1.29, 1.82) is 0 Å². The molecule has 0 unspecified atom stereocenters. The molecule has 3 rings (SSSR count). The molecule has 0 aromatic heterocycles. The summed E-state index contributed by atoms with van der Waals surface area (Å²) in [6, 6.07) is 0. The molecule has 1 aliphatic heterocycles. The summed E-state index contributed by atoms with van der Waals surface area (Å²) < 4.78 is 13.9. The number of halogens is 1. The molecule has 0 N–H and O–H groups in total. The van der Waals surface area contributed by atoms with Crippen molar-refractivity contribution in [2.45, 2.75) is 65.2 Å². The molecule has 0 atom stereocenters. The second-order valence-corrected chi connectivity index (χ2v) is 8.84. The predicted molar refractivity (Wildman–Crippen MR) is 108 cm³/mol. The third-order valence-corrected chi connectivity index (χ3v) is 7.08. The van der Waals surface area contributed by atoms with Gasteiger partial charge >= 0.3 is 0 Å². The molecule has 3 aliphatic rings. The van der Waals surface area contributed by atoms with Crippen LogP contribution in [0.1, 0.15) is 65.2 Å². The predicted octanol–water partition coefficient (Wildman–Crippen LogP) is 6.23. The van der Waals surface area contributed by atoms with Gasteiger partial charge in [0.05, 0.1) is 0 Å². The minimum atomic E-state index is -0.0497. The monoisotopic (exact) mass is 362 g/mol. The molecule has 0 bridgehead atoms. The zero-order valence-electron chi connectivity index (χ0n) is 15.7. The summed E-state index contributed by atoms with van der Waals surface area (Å²) in [4.78, 5) is 7.99. The fourth-order valence-electron chi connectivity index (χ4n) is 4.38. The summed E-state index contributed by atoms with van der Waals surface area (Å²) in [6.07, 6.45) is 15.9. The number of thioether (sulfide) groups is 1. The van der Waals surface area contributed by atoms with Crippen LogP contribution in [0, 0.1) is 5.41 Å². The molecule has 0 radical (unpaired) electrons. The van der Waals surface area contributed by atoms with E-state index < -0.39 is 0 Å². The van der Waals surface area contributed by atoms with Crippen molar-refractivity contribution in [3.05, 3.63) is 34.3 Å². The van der Waals surface area contributed by atoms with Crippen molar-refractivity contribution in [1.82, 2.24) is 4.90 Å². The second-order valence-electron chi connectivity index (χ2n) is 7.73. The molecule has 2 nitrogen and oxygen atoms in total. The van der Waals surface area contributed by atoms with Crippen LogP contribution in [0.15, 0.2) is 39.3 Å². The maximum atomic E-state index is 13.9. The van der Waals surface area contributed by atoms with Crippen LogP contribution in [0.4, 0.5) is 4.39 Å². The fourth-order valence-corrected chi connectivity index (χ4v) is 5.18. The van der Waals surface area contributed by atoms with Gasteiger partial charge in [-0.3, -0.25) is 0 Å². The largest absolute Gasteiger partial charge is 0.357 e. The van der Waals surface area contributed by atoms with Crippen molar-refractivity contribution in [3.8, 4) is 0 Å². The number of hydrogen-bond donors (Lipinski definition) is 0. The minimum Gasteiger partial charge on any atom is -0.357 e. The lowest BCUT2D eigenvalue weighted by molar-refractivity contribution is 0.132. The Balaban J connectivity index is 1.48. The quantitative estimate of drug-likeness (QED) is 0.539. The Kier molecular flexibility index (Phi) is 6.43. The van der Waals surface area contributed by atoms with E-state index in [2.05, 4.69) is 22.9 Å². The SMILES string of the molecule is C/C=C(\N=CCSC1=C(F)C=C(C)CC1)N1CCC2(CCCC2)CC1. The highest BCUT2D eigenvalue weighted by Crippen LogP contribution is 2.46. The molecule has 2 aliphatic carbocycles. The molecule has 2 fully saturated rings. The Morgan fingerprint density at radius 1 is 1.24 bits per heavy atom. The van der Waals surface area contributed by atoms with E-state index >= 15 is 0 Å². The standard InChI is InChI=1S/C21H31FN2S/c1-3-20(24-13-10-21(11-14-24)8-4-5-9-21)23-12-15-25-19-7-6-17(2)16-18(19)22/h3,12,16H,4-11,13-15H2,1-2H3/b20-3+,23-12?. The van der Waals surface area contributed by atoms with Gasteiger partial charge in [-0.15, -0.1) is 11.8 Å². The van der Waals surface area contributed by atoms with E-state index in [1.54, 1.807) is 17.8 Å². The third kappa shape index (κ3) is 4.78. The van der Waals surface area contributed by atoms with Crippen LogP contribution in [0.3, 0.4) is 0 Å². The van der Waals surface area contributed by atoms with Gasteiger partial charge in [0, 0.05) is 30.0 Å². The lowest BCUT2D eigenvalue weighted by Crippen LogP contribution is -2.37. The summed E-state index contributed by atoms with van der Waals surface area (Å²) in [5.41, 5.74) is 1.78. The molecule has 0 amide bonds. The Bertz CT molecular complexity index is 587. The van der Waals surface area contributed by atoms with Gasteiger partial charge in [0.1, 0.15) is 11.6 Å². The van der Waals surface area contributed by atoms with Gasteiger partial charge in [-0.05, 0) is 69.9 Å². The van der Waals surface area contributed by atoms with Crippen LogP contribution < -0.4 is 0 Å². The van der Waals surface area contributed by atoms with Crippen LogP contribution >= 0.6 is 11.8 Å². The maximum Gasteiger partial charge on any atom is 0.132 e. The highest BCUT2D eigenvalue weighted by atomic mass is 32.2. The lowest BCUT2D eigenvalue weighted by atomic mass is 9.77. The molecule has 4 heteroatoms. The Morgan fingerprint density at radius 3 is 2.60 bits per heavy atom. The maximum absolute atomic E-state index is 13.9. The number of nitrogens with zero attached hydrogens (tertiary/aromatic N) is 2. The van der Waals surface area contributed by atoms with E-state index in [4.69, 9.17) is 0 Å². The first-order valence-corrected chi connectivity index (χ1v) is 10.7. The molecule has 1 heterocycles. The molecule has 0 aromatic rings. The molecule has 1 saturated heterocycles. The molecular weight excluding hydrogens is 331 g/mol. The highest BCUT2D eigenvalue weighted by Gasteiger charge is 2.37. The number of piperidine rings is 1. The van der Waals surface area contributed by atoms with Crippen molar-refractivity contribution < 1.29 is 4.39 Å². The van der Waals surface area contributed by atoms with Gasteiger partial charge in [-0.1, -0.05) is 18.4 Å². The summed E-state index contributed by atoms with van der Waals surface area (Å²) in [6.45, 7) is 6.33. The van der Waals surface area contributed by atoms with Crippen LogP contribution in [0.25, 0.3) is 0 Å². The van der Waals surface area contributed by atoms with E-state index in [-0.39, 0.29) is 5.83 Å². The molecule has 25 heavy (non-hydrogen) atoms. The number of aliphatic imine (C=N–C) groups is 1. The van der Waals surface area contributed by atoms with E-state index in [0.717, 1.165) is 48.0 Å². The Morgan fingerprint density at radius 2 is 1.96 bits per heavy atom. The Labute approximate surface area is 156 Å². The fraction of sp³-hybridized carbons (Fsp3) is 0.667. The molecule has 138 valence electrons. The van der Waals surface area contributed by atoms with Crippen LogP contribution in [-0.4, -0.2) is 30.0 Å². The van der Waals surface area contributed by atoms with E-state index in [1.807, 2.05) is 13.1 Å². The molecule has 1 saturated carbocycles. The summed E-state index contributed by atoms with van der Waals surface area (Å²) in [5, 5.41) is 0. The third-order valence-electron chi connectivity index (χ3n) is 6.01. The lowest BCUT2D eigenvalue weighted by Gasteiger charge is -2.40. The van der Waals surface area contributed by atoms with Gasteiger partial charge < -0.3 is 4.90 Å². The van der Waals surface area contributed by atoms with Gasteiger partial charge in [-0.25, -0.2) is 9.38 Å². The topological polar surface area (TPSA) is 15.6 Å². The summed E-state index contributed by atoms with van der Waals surface area (Å²) >= 11 is 1.59. The zero-order valence-corrected chi connectivity index (χ0v) is 16.5. The van der Waals surface area contributed by atoms with Crippen LogP contribution in [0.5, 0.6) is 0 Å². The first-order valence-electron chi connectivity index (χ1n) is 9.74. The Hall–Kier alpha value is -1.03. The summed E-state index contributed by atoms with van der Waals surface area (Å²) in [7, 11) is 0. The van der Waals surface area contributed by atoms with Gasteiger partial charge in [0.15, 0.2) is 0 Å². The van der Waals surface area contributed by atoms with Gasteiger partial charge in [0.25, 0.3) is 0 Å². The highest BCUT2D eigenvalue weighted by molar-refractivity contribution is 8.03. The number of allylic oxidation sites excluding steroid dienone is 5. The molecule has 0 aromatic carbocycles. The minimum absolute atomic E-state index is 0.0497.